The molecule has 1 N–H and O–H groups in total. The van der Waals surface area contributed by atoms with Crippen LogP contribution in [0, 0.1) is 18.3 Å². The number of nitrogens with one attached hydrogen (secondary N) is 1. The molecule has 0 atom stereocenters. The molecule has 0 spiro atoms. The van der Waals surface area contributed by atoms with Crippen LogP contribution in [-0.4, -0.2) is 28.6 Å². The van der Waals surface area contributed by atoms with Crippen molar-refractivity contribution in [3.63, 3.8) is 0 Å². The zero-order chi connectivity index (χ0) is 20.4. The number of nitriles is 1. The van der Waals surface area contributed by atoms with Gasteiger partial charge in [-0.1, -0.05) is 36.4 Å². The number of fused-ring (bicyclic) bond motifs is 1. The van der Waals surface area contributed by atoms with Gasteiger partial charge in [-0.05, 0) is 30.7 Å². The van der Waals surface area contributed by atoms with Crippen molar-refractivity contribution in [2.75, 3.05) is 24.3 Å². The summed E-state index contributed by atoms with van der Waals surface area (Å²) >= 11 is 0. The van der Waals surface area contributed by atoms with Crippen molar-refractivity contribution in [3.8, 4) is 12.0 Å². The molecule has 29 heavy (non-hydrogen) atoms. The lowest BCUT2D eigenvalue weighted by Crippen LogP contribution is -2.15. The summed E-state index contributed by atoms with van der Waals surface area (Å²) in [5, 5.41) is 13.8. The van der Waals surface area contributed by atoms with E-state index in [4.69, 9.17) is 4.98 Å². The largest absolute Gasteiger partial charge is 0.373 e. The van der Waals surface area contributed by atoms with Crippen molar-refractivity contribution in [1.82, 2.24) is 14.5 Å². The van der Waals surface area contributed by atoms with Crippen molar-refractivity contribution in [1.29, 1.82) is 5.26 Å². The SMILES string of the molecule is Cc1cc2c(C#N)cccc2n1-c1ncc(N(C)C)c(NCc2ccccc2)n1. The summed E-state index contributed by atoms with van der Waals surface area (Å²) < 4.78 is 1.99. The number of hydrogen-bond donors (Lipinski definition) is 1. The smallest absolute Gasteiger partial charge is 0.236 e. The number of nitrogens with zero attached hydrogens (tertiary/aromatic N) is 5. The summed E-state index contributed by atoms with van der Waals surface area (Å²) in [4.78, 5) is 11.4. The minimum absolute atomic E-state index is 0.578. The number of aromatic nitrogens is 3. The molecule has 2 heterocycles. The third kappa shape index (κ3) is 3.50. The fourth-order valence-electron chi connectivity index (χ4n) is 3.44. The molecule has 0 amide bonds. The highest BCUT2D eigenvalue weighted by atomic mass is 15.2. The molecule has 0 unspecified atom stereocenters. The Morgan fingerprint density at radius 3 is 2.62 bits per heavy atom. The van der Waals surface area contributed by atoms with Crippen molar-refractivity contribution >= 4 is 22.4 Å². The summed E-state index contributed by atoms with van der Waals surface area (Å²) in [6, 6.07) is 20.2. The Kier molecular flexibility index (Phi) is 4.88. The Balaban J connectivity index is 1.79. The van der Waals surface area contributed by atoms with E-state index in [1.165, 1.54) is 5.56 Å². The summed E-state index contributed by atoms with van der Waals surface area (Å²) in [5.74, 6) is 1.34. The Labute approximate surface area is 170 Å². The van der Waals surface area contributed by atoms with Crippen LogP contribution in [0.15, 0.2) is 60.8 Å². The van der Waals surface area contributed by atoms with Crippen molar-refractivity contribution < 1.29 is 0 Å². The molecular formula is C23H22N6. The number of rotatable bonds is 5. The van der Waals surface area contributed by atoms with Crippen molar-refractivity contribution in [2.24, 2.45) is 0 Å². The highest BCUT2D eigenvalue weighted by Crippen LogP contribution is 2.28. The number of anilines is 2. The summed E-state index contributed by atoms with van der Waals surface area (Å²) in [6.07, 6.45) is 1.83. The number of benzene rings is 2. The average molecular weight is 382 g/mol. The van der Waals surface area contributed by atoms with Gasteiger partial charge in [0, 0.05) is 31.7 Å². The Bertz CT molecular complexity index is 1200. The molecule has 0 aliphatic carbocycles. The number of aryl methyl sites for hydroxylation is 1. The fraction of sp³-hybridized carbons (Fsp3) is 0.174. The van der Waals surface area contributed by atoms with Crippen LogP contribution in [-0.2, 0) is 6.54 Å². The Hall–Kier alpha value is -3.85. The first-order valence-electron chi connectivity index (χ1n) is 9.42. The van der Waals surface area contributed by atoms with Crippen LogP contribution in [0.5, 0.6) is 0 Å². The van der Waals surface area contributed by atoms with E-state index in [0.717, 1.165) is 28.1 Å². The van der Waals surface area contributed by atoms with Gasteiger partial charge in [-0.25, -0.2) is 4.98 Å². The molecular weight excluding hydrogens is 360 g/mol. The summed E-state index contributed by atoms with van der Waals surface area (Å²) in [7, 11) is 3.95. The normalized spacial score (nSPS) is 10.7. The molecule has 0 saturated heterocycles. The van der Waals surface area contributed by atoms with Gasteiger partial charge in [0.15, 0.2) is 5.82 Å². The summed E-state index contributed by atoms with van der Waals surface area (Å²) in [5.41, 5.74) is 4.65. The van der Waals surface area contributed by atoms with Crippen LogP contribution in [0.4, 0.5) is 11.5 Å². The Morgan fingerprint density at radius 1 is 1.10 bits per heavy atom. The molecule has 0 radical (unpaired) electrons. The quantitative estimate of drug-likeness (QED) is 0.558. The van der Waals surface area contributed by atoms with E-state index in [0.29, 0.717) is 18.1 Å². The van der Waals surface area contributed by atoms with Crippen LogP contribution in [0.3, 0.4) is 0 Å². The van der Waals surface area contributed by atoms with Gasteiger partial charge in [0.1, 0.15) is 0 Å². The maximum atomic E-state index is 9.42. The van der Waals surface area contributed by atoms with Gasteiger partial charge in [-0.2, -0.15) is 10.2 Å². The lowest BCUT2D eigenvalue weighted by atomic mass is 10.1. The van der Waals surface area contributed by atoms with Crippen LogP contribution in [0.2, 0.25) is 0 Å². The fourth-order valence-corrected chi connectivity index (χ4v) is 3.44. The van der Waals surface area contributed by atoms with E-state index in [1.54, 1.807) is 0 Å². The van der Waals surface area contributed by atoms with E-state index in [2.05, 4.69) is 28.5 Å². The van der Waals surface area contributed by atoms with Gasteiger partial charge in [-0.15, -0.1) is 0 Å². The molecule has 0 fully saturated rings. The van der Waals surface area contributed by atoms with Gasteiger partial charge in [-0.3, -0.25) is 4.57 Å². The lowest BCUT2D eigenvalue weighted by molar-refractivity contribution is 0.916. The third-order valence-corrected chi connectivity index (χ3v) is 4.89. The molecule has 2 aromatic carbocycles. The van der Waals surface area contributed by atoms with Crippen LogP contribution in [0.1, 0.15) is 16.8 Å². The Morgan fingerprint density at radius 2 is 1.90 bits per heavy atom. The summed E-state index contributed by atoms with van der Waals surface area (Å²) in [6.45, 7) is 2.67. The molecule has 0 aliphatic rings. The van der Waals surface area contributed by atoms with E-state index in [-0.39, 0.29) is 0 Å². The molecule has 0 bridgehead atoms. The van der Waals surface area contributed by atoms with Crippen LogP contribution < -0.4 is 10.2 Å². The predicted octanol–water partition coefficient (Wildman–Crippen LogP) is 4.28. The third-order valence-electron chi connectivity index (χ3n) is 4.89. The maximum Gasteiger partial charge on any atom is 0.236 e. The topological polar surface area (TPSA) is 69.8 Å². The number of hydrogen-bond acceptors (Lipinski definition) is 5. The zero-order valence-electron chi connectivity index (χ0n) is 16.7. The lowest BCUT2D eigenvalue weighted by Gasteiger charge is -2.18. The first-order valence-corrected chi connectivity index (χ1v) is 9.42. The van der Waals surface area contributed by atoms with Gasteiger partial charge >= 0.3 is 0 Å². The van der Waals surface area contributed by atoms with Gasteiger partial charge in [0.25, 0.3) is 0 Å². The molecule has 0 saturated carbocycles. The molecule has 4 aromatic rings. The molecule has 6 heteroatoms. The van der Waals surface area contributed by atoms with Crippen LogP contribution in [0.25, 0.3) is 16.9 Å². The molecule has 144 valence electrons. The zero-order valence-corrected chi connectivity index (χ0v) is 16.7. The highest BCUT2D eigenvalue weighted by molar-refractivity contribution is 5.88. The van der Waals surface area contributed by atoms with Gasteiger partial charge < -0.3 is 10.2 Å². The first kappa shape index (κ1) is 18.5. The van der Waals surface area contributed by atoms with E-state index in [9.17, 15) is 5.26 Å². The van der Waals surface area contributed by atoms with E-state index in [1.807, 2.05) is 79.1 Å². The van der Waals surface area contributed by atoms with Gasteiger partial charge in [0.05, 0.1) is 29.0 Å². The molecule has 2 aromatic heterocycles. The minimum atomic E-state index is 0.578. The van der Waals surface area contributed by atoms with E-state index < -0.39 is 0 Å². The van der Waals surface area contributed by atoms with Gasteiger partial charge in [0.2, 0.25) is 5.95 Å². The predicted molar refractivity (Wildman–Crippen MR) is 116 cm³/mol. The second-order valence-corrected chi connectivity index (χ2v) is 7.11. The highest BCUT2D eigenvalue weighted by Gasteiger charge is 2.15. The van der Waals surface area contributed by atoms with Crippen molar-refractivity contribution in [2.45, 2.75) is 13.5 Å². The second kappa shape index (κ2) is 7.64. The average Bonchev–Trinajstić information content (AvgIpc) is 3.08. The molecule has 4 rings (SSSR count). The standard InChI is InChI=1S/C23H22N6/c1-16-12-19-18(13-24)10-7-11-20(19)29(16)23-26-15-21(28(2)3)22(27-23)25-14-17-8-5-4-6-9-17/h4-12,15H,14H2,1-3H3,(H,25,26,27). The van der Waals surface area contributed by atoms with Crippen LogP contribution >= 0.6 is 0 Å². The monoisotopic (exact) mass is 382 g/mol. The van der Waals surface area contributed by atoms with Crippen molar-refractivity contribution in [3.05, 3.63) is 77.6 Å². The second-order valence-electron chi connectivity index (χ2n) is 7.11. The minimum Gasteiger partial charge on any atom is -0.373 e. The first-order chi connectivity index (χ1) is 14.1. The van der Waals surface area contributed by atoms with E-state index >= 15 is 0 Å². The molecule has 0 aliphatic heterocycles. The molecule has 6 nitrogen and oxygen atoms in total. The maximum absolute atomic E-state index is 9.42.